The van der Waals surface area contributed by atoms with Crippen LogP contribution in [-0.2, 0) is 11.3 Å². The molecule has 0 N–H and O–H groups in total. The van der Waals surface area contributed by atoms with Crippen molar-refractivity contribution in [3.8, 4) is 5.69 Å². The van der Waals surface area contributed by atoms with Gasteiger partial charge in [-0.2, -0.15) is 13.2 Å². The minimum atomic E-state index is -4.44. The van der Waals surface area contributed by atoms with Gasteiger partial charge < -0.3 is 14.2 Å². The molecule has 1 fully saturated rings. The minimum absolute atomic E-state index is 0.0445. The Balaban J connectivity index is 1.56. The van der Waals surface area contributed by atoms with Gasteiger partial charge in [0.05, 0.1) is 19.0 Å². The Kier molecular flexibility index (Phi) is 7.04. The van der Waals surface area contributed by atoms with E-state index in [1.165, 1.54) is 0 Å². The number of rotatable bonds is 7. The first kappa shape index (κ1) is 24.3. The molecule has 34 heavy (non-hydrogen) atoms. The summed E-state index contributed by atoms with van der Waals surface area (Å²) in [5, 5.41) is 8.06. The van der Waals surface area contributed by atoms with E-state index in [0.717, 1.165) is 39.0 Å². The van der Waals surface area contributed by atoms with Crippen LogP contribution < -0.4 is 4.90 Å². The highest BCUT2D eigenvalue weighted by molar-refractivity contribution is 7.99. The summed E-state index contributed by atoms with van der Waals surface area (Å²) < 4.78 is 48.3. The number of nitrogens with zero attached hydrogens (tertiary/aromatic N) is 5. The molecule has 1 aliphatic heterocycles. The van der Waals surface area contributed by atoms with Crippen LogP contribution in [0.3, 0.4) is 0 Å². The van der Waals surface area contributed by atoms with Gasteiger partial charge in [-0.1, -0.05) is 30.0 Å². The number of benzene rings is 1. The molecule has 1 aliphatic rings. The van der Waals surface area contributed by atoms with Crippen molar-refractivity contribution < 1.29 is 22.7 Å². The highest BCUT2D eigenvalue weighted by atomic mass is 32.2. The van der Waals surface area contributed by atoms with E-state index in [-0.39, 0.29) is 22.6 Å². The second kappa shape index (κ2) is 9.83. The molecule has 0 aliphatic carbocycles. The van der Waals surface area contributed by atoms with Crippen LogP contribution >= 0.6 is 11.8 Å². The quantitative estimate of drug-likeness (QED) is 0.360. The third-order valence-electron chi connectivity index (χ3n) is 5.75. The lowest BCUT2D eigenvalue weighted by molar-refractivity contribution is -0.141. The molecule has 0 saturated carbocycles. The molecule has 2 aromatic heterocycles. The number of aryl methyl sites for hydroxylation is 2. The molecule has 0 amide bonds. The Morgan fingerprint density at radius 3 is 2.50 bits per heavy atom. The normalized spacial score (nSPS) is 14.6. The average Bonchev–Trinajstić information content (AvgIpc) is 3.32. The smallest absolute Gasteiger partial charge is 0.378 e. The number of ether oxygens (including phenoxy) is 1. The summed E-state index contributed by atoms with van der Waals surface area (Å²) in [5.74, 6) is -0.0716. The molecule has 0 atom stereocenters. The summed E-state index contributed by atoms with van der Waals surface area (Å²) in [6, 6.07) is 9.72. The number of Topliss-reactive ketones (excluding diaryl/α,β-unsaturated/α-hetero) is 1. The molecule has 182 valence electrons. The molecule has 3 heterocycles. The number of thioether (sulfide) groups is 1. The van der Waals surface area contributed by atoms with Crippen molar-refractivity contribution in [2.45, 2.75) is 38.6 Å². The van der Waals surface area contributed by atoms with Crippen molar-refractivity contribution >= 4 is 23.5 Å². The number of aromatic nitrogens is 4. The summed E-state index contributed by atoms with van der Waals surface area (Å²) in [5.41, 5.74) is 4.32. The van der Waals surface area contributed by atoms with E-state index >= 15 is 0 Å². The van der Waals surface area contributed by atoms with Crippen LogP contribution in [0.5, 0.6) is 0 Å². The third kappa shape index (κ3) is 5.15. The highest BCUT2D eigenvalue weighted by Gasteiger charge is 2.33. The van der Waals surface area contributed by atoms with Gasteiger partial charge in [0.25, 0.3) is 0 Å². The maximum absolute atomic E-state index is 13.3. The van der Waals surface area contributed by atoms with Crippen LogP contribution in [0.2, 0.25) is 0 Å². The molecule has 1 saturated heterocycles. The Hall–Kier alpha value is -2.79. The highest BCUT2D eigenvalue weighted by Crippen LogP contribution is 2.29. The average molecular weight is 494 g/mol. The molecule has 0 unspecified atom stereocenters. The number of alkyl halides is 3. The molecule has 1 aromatic carbocycles. The van der Waals surface area contributed by atoms with Crippen LogP contribution in [0.25, 0.3) is 5.69 Å². The standard InChI is InChI=1S/C23H26F3N5O2S/c1-15-6-4-5-7-19(15)31-16(2)12-18(17(31)3)20(32)13-34-22-28-27-21(29-8-10-33-11-9-29)30(22)14-23(24,25)26/h4-7,12H,8-11,13-14H2,1-3H3. The third-order valence-corrected chi connectivity index (χ3v) is 6.72. The molecular weight excluding hydrogens is 467 g/mol. The predicted octanol–water partition coefficient (Wildman–Crippen LogP) is 4.37. The number of hydrogen-bond acceptors (Lipinski definition) is 6. The number of morpholine rings is 1. The van der Waals surface area contributed by atoms with Crippen LogP contribution in [0.15, 0.2) is 35.5 Å². The number of carbonyl (C=O) groups excluding carboxylic acids is 1. The fraction of sp³-hybridized carbons (Fsp3) is 0.435. The maximum Gasteiger partial charge on any atom is 0.406 e. The van der Waals surface area contributed by atoms with Gasteiger partial charge >= 0.3 is 6.18 Å². The number of halogens is 3. The molecule has 7 nitrogen and oxygen atoms in total. The molecule has 4 rings (SSSR count). The number of ketones is 1. The largest absolute Gasteiger partial charge is 0.406 e. The minimum Gasteiger partial charge on any atom is -0.378 e. The fourth-order valence-electron chi connectivity index (χ4n) is 4.14. The SMILES string of the molecule is Cc1ccccc1-n1c(C)cc(C(=O)CSc2nnc(N3CCOCC3)n2CC(F)(F)F)c1C. The van der Waals surface area contributed by atoms with Gasteiger partial charge in [0.1, 0.15) is 6.54 Å². The van der Waals surface area contributed by atoms with E-state index in [1.807, 2.05) is 55.7 Å². The Morgan fingerprint density at radius 1 is 1.12 bits per heavy atom. The summed E-state index contributed by atoms with van der Waals surface area (Å²) >= 11 is 0.971. The van der Waals surface area contributed by atoms with Crippen molar-refractivity contribution in [1.82, 2.24) is 19.3 Å². The van der Waals surface area contributed by atoms with Crippen LogP contribution in [0.4, 0.5) is 19.1 Å². The Labute approximate surface area is 199 Å². The topological polar surface area (TPSA) is 65.2 Å². The van der Waals surface area contributed by atoms with Gasteiger partial charge in [-0.25, -0.2) is 0 Å². The fourth-order valence-corrected chi connectivity index (χ4v) is 4.96. The number of para-hydroxylation sites is 1. The first-order valence-electron chi connectivity index (χ1n) is 10.9. The van der Waals surface area contributed by atoms with Gasteiger partial charge in [-0.15, -0.1) is 10.2 Å². The lowest BCUT2D eigenvalue weighted by Gasteiger charge is -2.28. The zero-order valence-electron chi connectivity index (χ0n) is 19.2. The van der Waals surface area contributed by atoms with Crippen molar-refractivity contribution in [2.75, 3.05) is 37.0 Å². The van der Waals surface area contributed by atoms with Crippen molar-refractivity contribution in [3.63, 3.8) is 0 Å². The molecule has 0 radical (unpaired) electrons. The molecule has 11 heteroatoms. The van der Waals surface area contributed by atoms with Crippen LogP contribution in [0, 0.1) is 20.8 Å². The van der Waals surface area contributed by atoms with Crippen molar-refractivity contribution in [1.29, 1.82) is 0 Å². The second-order valence-corrected chi connectivity index (χ2v) is 9.14. The zero-order valence-corrected chi connectivity index (χ0v) is 20.0. The van der Waals surface area contributed by atoms with Crippen LogP contribution in [-0.4, -0.2) is 63.3 Å². The summed E-state index contributed by atoms with van der Waals surface area (Å²) in [6.07, 6.45) is -4.44. The van der Waals surface area contributed by atoms with Gasteiger partial charge in [0.15, 0.2) is 10.9 Å². The van der Waals surface area contributed by atoms with Crippen LogP contribution in [0.1, 0.15) is 27.3 Å². The van der Waals surface area contributed by atoms with E-state index in [1.54, 1.807) is 4.90 Å². The zero-order chi connectivity index (χ0) is 24.5. The van der Waals surface area contributed by atoms with E-state index < -0.39 is 12.7 Å². The number of carbonyl (C=O) groups is 1. The van der Waals surface area contributed by atoms with Crippen molar-refractivity contribution in [3.05, 3.63) is 52.8 Å². The van der Waals surface area contributed by atoms with E-state index in [2.05, 4.69) is 10.2 Å². The Bertz CT molecular complexity index is 1180. The molecule has 0 spiro atoms. The molecular formula is C23H26F3N5O2S. The predicted molar refractivity (Wildman–Crippen MR) is 124 cm³/mol. The molecule has 3 aromatic rings. The maximum atomic E-state index is 13.3. The van der Waals surface area contributed by atoms with Gasteiger partial charge in [0.2, 0.25) is 5.95 Å². The summed E-state index contributed by atoms with van der Waals surface area (Å²) in [6.45, 7) is 6.29. The first-order valence-corrected chi connectivity index (χ1v) is 11.9. The first-order chi connectivity index (χ1) is 16.2. The van der Waals surface area contributed by atoms with Gasteiger partial charge in [-0.05, 0) is 38.5 Å². The monoisotopic (exact) mass is 493 g/mol. The summed E-state index contributed by atoms with van der Waals surface area (Å²) in [7, 11) is 0. The van der Waals surface area contributed by atoms with E-state index in [9.17, 15) is 18.0 Å². The Morgan fingerprint density at radius 2 is 1.82 bits per heavy atom. The number of hydrogen-bond donors (Lipinski definition) is 0. The molecule has 0 bridgehead atoms. The second-order valence-electron chi connectivity index (χ2n) is 8.20. The summed E-state index contributed by atoms with van der Waals surface area (Å²) in [4.78, 5) is 14.8. The lowest BCUT2D eigenvalue weighted by Crippen LogP contribution is -2.38. The van der Waals surface area contributed by atoms with E-state index in [0.29, 0.717) is 31.9 Å². The van der Waals surface area contributed by atoms with Crippen molar-refractivity contribution in [2.24, 2.45) is 0 Å². The van der Waals surface area contributed by atoms with Gasteiger partial charge in [0, 0.05) is 35.7 Å². The number of anilines is 1. The van der Waals surface area contributed by atoms with E-state index in [4.69, 9.17) is 4.74 Å². The lowest BCUT2D eigenvalue weighted by atomic mass is 10.1. The van der Waals surface area contributed by atoms with Gasteiger partial charge in [-0.3, -0.25) is 9.36 Å².